The number of nitrogens with two attached hydrogens (primary N) is 2. The van der Waals surface area contributed by atoms with Crippen LogP contribution in [0.4, 0.5) is 10.1 Å². The first-order valence-electron chi connectivity index (χ1n) is 4.89. The number of halogens is 2. The van der Waals surface area contributed by atoms with Gasteiger partial charge in [-0.2, -0.15) is 0 Å². The maximum absolute atomic E-state index is 13.5. The van der Waals surface area contributed by atoms with Crippen molar-refractivity contribution in [1.29, 1.82) is 0 Å². The van der Waals surface area contributed by atoms with Gasteiger partial charge in [-0.25, -0.2) is 4.39 Å². The molecule has 0 saturated carbocycles. The van der Waals surface area contributed by atoms with Crippen LogP contribution in [0.15, 0.2) is 35.5 Å². The number of benzene rings is 1. The number of nitrogens with zero attached hydrogens (tertiary/aromatic N) is 1. The van der Waals surface area contributed by atoms with Crippen LogP contribution < -0.4 is 16.2 Å². The lowest BCUT2D eigenvalue weighted by molar-refractivity contribution is 0.131. The molecule has 0 radical (unpaired) electrons. The van der Waals surface area contributed by atoms with Crippen LogP contribution in [-0.4, -0.2) is 17.3 Å². The Morgan fingerprint density at radius 3 is 2.88 bits per heavy atom. The molecule has 90 valence electrons. The predicted octanol–water partition coefficient (Wildman–Crippen LogP) is 1.65. The van der Waals surface area contributed by atoms with E-state index in [0.717, 1.165) is 6.07 Å². The average Bonchev–Trinajstić information content (AvgIpc) is 2.27. The van der Waals surface area contributed by atoms with Crippen molar-refractivity contribution in [3.8, 4) is 5.75 Å². The Bertz CT molecular complexity index is 492. The van der Waals surface area contributed by atoms with Crippen LogP contribution in [-0.2, 0) is 0 Å². The van der Waals surface area contributed by atoms with Crippen molar-refractivity contribution in [2.75, 3.05) is 5.73 Å². The number of nitrogen functional groups attached to an aromatic ring is 1. The summed E-state index contributed by atoms with van der Waals surface area (Å²) in [6.07, 6.45) is 4.35. The first kappa shape index (κ1) is 11.9. The van der Waals surface area contributed by atoms with E-state index in [9.17, 15) is 4.39 Å². The van der Waals surface area contributed by atoms with Crippen molar-refractivity contribution < 1.29 is 9.13 Å². The third kappa shape index (κ3) is 2.40. The Morgan fingerprint density at radius 2 is 2.24 bits per heavy atom. The highest BCUT2D eigenvalue weighted by molar-refractivity contribution is 6.29. The molecule has 0 amide bonds. The molecule has 0 fully saturated rings. The molecule has 2 rings (SSSR count). The third-order valence-corrected chi connectivity index (χ3v) is 2.77. The summed E-state index contributed by atoms with van der Waals surface area (Å²) >= 11 is 5.96. The zero-order valence-corrected chi connectivity index (χ0v) is 9.56. The van der Waals surface area contributed by atoms with Gasteiger partial charge in [0, 0.05) is 24.2 Å². The molecule has 0 saturated heterocycles. The zero-order valence-electron chi connectivity index (χ0n) is 8.81. The second kappa shape index (κ2) is 4.35. The number of aliphatic imine (C=N–C) groups is 1. The highest BCUT2D eigenvalue weighted by atomic mass is 35.5. The second-order valence-electron chi connectivity index (χ2n) is 3.66. The molecule has 2 unspecified atom stereocenters. The molecule has 17 heavy (non-hydrogen) atoms. The number of rotatable bonds is 2. The summed E-state index contributed by atoms with van der Waals surface area (Å²) in [6, 6.07) is 4.08. The lowest BCUT2D eigenvalue weighted by Gasteiger charge is -2.31. The molecule has 6 heteroatoms. The Balaban J connectivity index is 2.26. The molecule has 1 aromatic carbocycles. The Hall–Kier alpha value is -1.59. The van der Waals surface area contributed by atoms with Crippen molar-refractivity contribution in [3.63, 3.8) is 0 Å². The molecule has 1 aliphatic heterocycles. The van der Waals surface area contributed by atoms with E-state index in [1.54, 1.807) is 0 Å². The minimum atomic E-state index is -1.32. The van der Waals surface area contributed by atoms with Crippen LogP contribution >= 0.6 is 11.6 Å². The van der Waals surface area contributed by atoms with E-state index in [0.29, 0.717) is 5.69 Å². The van der Waals surface area contributed by atoms with Gasteiger partial charge in [0.2, 0.25) is 5.72 Å². The molecular weight excluding hydrogens is 245 g/mol. The van der Waals surface area contributed by atoms with E-state index in [2.05, 4.69) is 4.99 Å². The summed E-state index contributed by atoms with van der Waals surface area (Å²) in [4.78, 5) is 3.82. The van der Waals surface area contributed by atoms with Crippen molar-refractivity contribution in [1.82, 2.24) is 0 Å². The third-order valence-electron chi connectivity index (χ3n) is 2.31. The van der Waals surface area contributed by atoms with Gasteiger partial charge in [-0.15, -0.1) is 11.6 Å². The van der Waals surface area contributed by atoms with Crippen LogP contribution in [0, 0.1) is 5.82 Å². The van der Waals surface area contributed by atoms with Gasteiger partial charge in [0.15, 0.2) is 11.6 Å². The molecule has 0 bridgehead atoms. The fourth-order valence-corrected chi connectivity index (χ4v) is 1.56. The fourth-order valence-electron chi connectivity index (χ4n) is 1.37. The molecule has 1 aliphatic rings. The van der Waals surface area contributed by atoms with E-state index in [1.165, 1.54) is 30.6 Å². The van der Waals surface area contributed by atoms with Crippen LogP contribution in [0.2, 0.25) is 0 Å². The van der Waals surface area contributed by atoms with E-state index in [4.69, 9.17) is 27.8 Å². The minimum Gasteiger partial charge on any atom is -0.464 e. The van der Waals surface area contributed by atoms with E-state index < -0.39 is 16.9 Å². The van der Waals surface area contributed by atoms with Crippen LogP contribution in [0.25, 0.3) is 0 Å². The lowest BCUT2D eigenvalue weighted by atomic mass is 10.1. The second-order valence-corrected chi connectivity index (χ2v) is 4.13. The summed E-state index contributed by atoms with van der Waals surface area (Å²) in [5, 5.41) is -0.676. The highest BCUT2D eigenvalue weighted by Gasteiger charge is 2.35. The van der Waals surface area contributed by atoms with Crippen LogP contribution in [0.1, 0.15) is 0 Å². The monoisotopic (exact) mass is 255 g/mol. The van der Waals surface area contributed by atoms with Crippen molar-refractivity contribution in [2.45, 2.75) is 11.1 Å². The normalized spacial score (nSPS) is 27.1. The van der Waals surface area contributed by atoms with E-state index in [1.807, 2.05) is 0 Å². The van der Waals surface area contributed by atoms with E-state index in [-0.39, 0.29) is 5.75 Å². The Labute approximate surface area is 103 Å². The minimum absolute atomic E-state index is 0.00713. The van der Waals surface area contributed by atoms with Crippen molar-refractivity contribution in [3.05, 3.63) is 36.3 Å². The number of hydrogen-bond donors (Lipinski definition) is 2. The summed E-state index contributed by atoms with van der Waals surface area (Å²) in [5.74, 6) is -0.595. The molecule has 0 spiro atoms. The standard InChI is InChI=1S/C11H11ClFN3O/c12-10-6-16-4-3-11(10,15)17-9-2-1-7(14)5-8(9)13/h1-6,10H,14-15H2. The van der Waals surface area contributed by atoms with Gasteiger partial charge in [0.25, 0.3) is 0 Å². The van der Waals surface area contributed by atoms with Gasteiger partial charge in [-0.3, -0.25) is 10.7 Å². The average molecular weight is 256 g/mol. The summed E-state index contributed by atoms with van der Waals surface area (Å²) in [6.45, 7) is 0. The van der Waals surface area contributed by atoms with E-state index >= 15 is 0 Å². The Morgan fingerprint density at radius 1 is 1.47 bits per heavy atom. The molecule has 2 atom stereocenters. The molecule has 1 aromatic rings. The Kier molecular flexibility index (Phi) is 3.04. The van der Waals surface area contributed by atoms with Crippen LogP contribution in [0.3, 0.4) is 0 Å². The lowest BCUT2D eigenvalue weighted by Crippen LogP contribution is -2.53. The largest absolute Gasteiger partial charge is 0.464 e. The number of hydrogen-bond acceptors (Lipinski definition) is 4. The first-order chi connectivity index (χ1) is 8.01. The first-order valence-corrected chi connectivity index (χ1v) is 5.33. The molecule has 0 aromatic heterocycles. The highest BCUT2D eigenvalue weighted by Crippen LogP contribution is 2.26. The molecular formula is C11H11ClFN3O. The van der Waals surface area contributed by atoms with Crippen molar-refractivity contribution >= 4 is 23.5 Å². The molecule has 0 aliphatic carbocycles. The maximum atomic E-state index is 13.5. The number of anilines is 1. The van der Waals surface area contributed by atoms with Gasteiger partial charge in [-0.1, -0.05) is 0 Å². The van der Waals surface area contributed by atoms with Gasteiger partial charge >= 0.3 is 0 Å². The summed E-state index contributed by atoms with van der Waals surface area (Å²) < 4.78 is 18.9. The van der Waals surface area contributed by atoms with Gasteiger partial charge < -0.3 is 10.5 Å². The smallest absolute Gasteiger partial charge is 0.201 e. The van der Waals surface area contributed by atoms with Crippen LogP contribution in [0.5, 0.6) is 5.75 Å². The summed E-state index contributed by atoms with van der Waals surface area (Å²) in [5.41, 5.74) is 10.3. The zero-order chi connectivity index (χ0) is 12.5. The fraction of sp³-hybridized carbons (Fsp3) is 0.182. The summed E-state index contributed by atoms with van der Waals surface area (Å²) in [7, 11) is 0. The number of ether oxygens (including phenoxy) is 1. The number of alkyl halides is 1. The van der Waals surface area contributed by atoms with Crippen molar-refractivity contribution in [2.24, 2.45) is 10.7 Å². The maximum Gasteiger partial charge on any atom is 0.201 e. The quantitative estimate of drug-likeness (QED) is 0.479. The van der Waals surface area contributed by atoms with Gasteiger partial charge in [0.1, 0.15) is 5.38 Å². The topological polar surface area (TPSA) is 73.6 Å². The molecule has 4 nitrogen and oxygen atoms in total. The molecule has 1 heterocycles. The SMILES string of the molecule is Nc1ccc(OC2(N)C=CN=CC2Cl)c(F)c1. The molecule has 4 N–H and O–H groups in total. The van der Waals surface area contributed by atoms with Gasteiger partial charge in [-0.05, 0) is 18.2 Å². The predicted molar refractivity (Wildman–Crippen MR) is 65.6 cm³/mol. The van der Waals surface area contributed by atoms with Gasteiger partial charge in [0.05, 0.1) is 0 Å².